The molecule has 0 saturated carbocycles. The zero-order chi connectivity index (χ0) is 8.81. The zero-order valence-electron chi connectivity index (χ0n) is 6.85. The van der Waals surface area contributed by atoms with E-state index in [1.807, 2.05) is 30.3 Å². The summed E-state index contributed by atoms with van der Waals surface area (Å²) in [5.74, 6) is 0. The van der Waals surface area contributed by atoms with Gasteiger partial charge in [0.2, 0.25) is 0 Å². The Morgan fingerprint density at radius 2 is 1.58 bits per heavy atom. The molecule has 0 aliphatic carbocycles. The summed E-state index contributed by atoms with van der Waals surface area (Å²) in [5, 5.41) is 17.7. The van der Waals surface area contributed by atoms with Gasteiger partial charge >= 0.3 is 0 Å². The lowest BCUT2D eigenvalue weighted by atomic mass is 10.2. The maximum atomic E-state index is 8.86. The Morgan fingerprint density at radius 1 is 1.00 bits per heavy atom. The van der Waals surface area contributed by atoms with Gasteiger partial charge in [-0.25, -0.2) is 0 Å². The number of benzene rings is 1. The fourth-order valence-electron chi connectivity index (χ4n) is 0.986. The molecule has 1 aromatic carbocycles. The predicted octanol–water partition coefficient (Wildman–Crippen LogP) is 1.57. The Kier molecular flexibility index (Phi) is 4.23. The van der Waals surface area contributed by atoms with Crippen LogP contribution in [0, 0.1) is 0 Å². The second kappa shape index (κ2) is 5.26. The van der Waals surface area contributed by atoms with Gasteiger partial charge in [-0.2, -0.15) is 0 Å². The van der Waals surface area contributed by atoms with E-state index in [-0.39, 0.29) is 12.7 Å². The van der Waals surface area contributed by atoms with Gasteiger partial charge in [-0.1, -0.05) is 30.3 Å². The predicted molar refractivity (Wildman–Crippen MR) is 51.2 cm³/mol. The van der Waals surface area contributed by atoms with Crippen LogP contribution >= 0.6 is 7.92 Å². The van der Waals surface area contributed by atoms with Gasteiger partial charge in [-0.15, -0.1) is 0 Å². The highest BCUT2D eigenvalue weighted by molar-refractivity contribution is 7.56. The number of aliphatic hydroxyl groups excluding tert-OH is 2. The molecule has 0 heterocycles. The van der Waals surface area contributed by atoms with Gasteiger partial charge < -0.3 is 10.2 Å². The molecule has 0 amide bonds. The number of hydrogen-bond acceptors (Lipinski definition) is 2. The van der Waals surface area contributed by atoms with Crippen LogP contribution in [0.5, 0.6) is 0 Å². The van der Waals surface area contributed by atoms with Gasteiger partial charge in [0.05, 0.1) is 12.7 Å². The first-order valence-corrected chi connectivity index (χ1v) is 5.74. The summed E-state index contributed by atoms with van der Waals surface area (Å²) >= 11 is 0. The Hall–Kier alpha value is -0.430. The van der Waals surface area contributed by atoms with E-state index in [9.17, 15) is 0 Å². The Morgan fingerprint density at radius 3 is 2.08 bits per heavy atom. The minimum Gasteiger partial charge on any atom is -0.392 e. The first-order chi connectivity index (χ1) is 5.86. The molecule has 0 aromatic heterocycles. The van der Waals surface area contributed by atoms with Crippen molar-refractivity contribution in [2.24, 2.45) is 0 Å². The lowest BCUT2D eigenvalue weighted by Gasteiger charge is -2.10. The number of aliphatic hydroxyl groups is 2. The fraction of sp³-hybridized carbons (Fsp3) is 0.333. The largest absolute Gasteiger partial charge is 0.392 e. The summed E-state index contributed by atoms with van der Waals surface area (Å²) < 4.78 is 0. The van der Waals surface area contributed by atoms with E-state index in [1.165, 1.54) is 5.56 Å². The molecule has 1 aromatic rings. The summed E-state index contributed by atoms with van der Waals surface area (Å²) in [6.45, 7) is 0. The third-order valence-corrected chi connectivity index (χ3v) is 3.26. The van der Waals surface area contributed by atoms with Crippen LogP contribution in [0.4, 0.5) is 0 Å². The van der Waals surface area contributed by atoms with Gasteiger partial charge in [-0.3, -0.25) is 0 Å². The van der Waals surface area contributed by atoms with Crippen molar-refractivity contribution in [2.75, 3.05) is 12.7 Å². The minimum atomic E-state index is -0.621. The average Bonchev–Trinajstić information content (AvgIpc) is 2.16. The van der Waals surface area contributed by atoms with E-state index in [4.69, 9.17) is 10.2 Å². The van der Waals surface area contributed by atoms with Crippen molar-refractivity contribution in [3.8, 4) is 0 Å². The fourth-order valence-corrected chi connectivity index (χ4v) is 2.00. The highest BCUT2D eigenvalue weighted by atomic mass is 31.1. The smallest absolute Gasteiger partial charge is 0.0649 e. The monoisotopic (exact) mass is 184 g/mol. The van der Waals surface area contributed by atoms with Gasteiger partial charge in [0.25, 0.3) is 0 Å². The van der Waals surface area contributed by atoms with Crippen LogP contribution < -0.4 is 0 Å². The molecule has 0 aliphatic rings. The first-order valence-electron chi connectivity index (χ1n) is 3.85. The number of rotatable bonds is 4. The summed E-state index contributed by atoms with van der Waals surface area (Å²) in [5.41, 5.74) is 1.19. The Labute approximate surface area is 73.6 Å². The minimum absolute atomic E-state index is 0.112. The maximum absolute atomic E-state index is 8.86. The number of hydrogen-bond donors (Lipinski definition) is 2. The van der Waals surface area contributed by atoms with Gasteiger partial charge in [0.15, 0.2) is 0 Å². The molecular weight excluding hydrogens is 171 g/mol. The van der Waals surface area contributed by atoms with Crippen LogP contribution in [-0.2, 0) is 6.16 Å². The quantitative estimate of drug-likeness (QED) is 0.697. The van der Waals surface area contributed by atoms with Crippen LogP contribution in [-0.4, -0.2) is 22.9 Å². The molecule has 0 aliphatic heterocycles. The van der Waals surface area contributed by atoms with Crippen molar-refractivity contribution in [1.29, 1.82) is 0 Å². The third-order valence-electron chi connectivity index (χ3n) is 1.65. The molecule has 0 unspecified atom stereocenters. The lowest BCUT2D eigenvalue weighted by molar-refractivity contribution is 0.343. The summed E-state index contributed by atoms with van der Waals surface area (Å²) in [6, 6.07) is 9.93. The molecule has 12 heavy (non-hydrogen) atoms. The van der Waals surface area contributed by atoms with Crippen LogP contribution in [0.15, 0.2) is 30.3 Å². The van der Waals surface area contributed by atoms with Crippen molar-refractivity contribution < 1.29 is 10.2 Å². The molecular formula is C9H13O2P. The SMILES string of the molecule is OCP(CO)Cc1ccccc1. The lowest BCUT2D eigenvalue weighted by Crippen LogP contribution is -1.91. The standard InChI is InChI=1S/C9H13O2P/c10-7-12(8-11)6-9-4-2-1-3-5-9/h1-5,10-11H,6-8H2. The molecule has 1 rings (SSSR count). The van der Waals surface area contributed by atoms with Gasteiger partial charge in [0.1, 0.15) is 0 Å². The van der Waals surface area contributed by atoms with Crippen LogP contribution in [0.1, 0.15) is 5.56 Å². The molecule has 0 fully saturated rings. The Bertz CT molecular complexity index is 209. The maximum Gasteiger partial charge on any atom is 0.0649 e. The zero-order valence-corrected chi connectivity index (χ0v) is 7.74. The average molecular weight is 184 g/mol. The van der Waals surface area contributed by atoms with Crippen LogP contribution in [0.25, 0.3) is 0 Å². The van der Waals surface area contributed by atoms with E-state index in [2.05, 4.69) is 0 Å². The molecule has 0 atom stereocenters. The van der Waals surface area contributed by atoms with E-state index >= 15 is 0 Å². The van der Waals surface area contributed by atoms with Crippen LogP contribution in [0.3, 0.4) is 0 Å². The topological polar surface area (TPSA) is 40.5 Å². The second-order valence-electron chi connectivity index (χ2n) is 2.60. The van der Waals surface area contributed by atoms with Gasteiger partial charge in [0, 0.05) is 0 Å². The Balaban J connectivity index is 2.51. The molecule has 0 spiro atoms. The summed E-state index contributed by atoms with van der Waals surface area (Å²) in [7, 11) is -0.621. The molecule has 2 N–H and O–H groups in total. The van der Waals surface area contributed by atoms with Gasteiger partial charge in [-0.05, 0) is 19.6 Å². The molecule has 3 heteroatoms. The van der Waals surface area contributed by atoms with E-state index < -0.39 is 7.92 Å². The molecule has 2 nitrogen and oxygen atoms in total. The highest BCUT2D eigenvalue weighted by Gasteiger charge is 2.04. The van der Waals surface area contributed by atoms with Crippen molar-refractivity contribution >= 4 is 7.92 Å². The van der Waals surface area contributed by atoms with Crippen molar-refractivity contribution in [3.63, 3.8) is 0 Å². The van der Waals surface area contributed by atoms with Crippen LogP contribution in [0.2, 0.25) is 0 Å². The summed E-state index contributed by atoms with van der Waals surface area (Å²) in [4.78, 5) is 0. The van der Waals surface area contributed by atoms with E-state index in [0.29, 0.717) is 0 Å². The molecule has 0 bridgehead atoms. The first kappa shape index (κ1) is 9.66. The van der Waals surface area contributed by atoms with Crippen molar-refractivity contribution in [3.05, 3.63) is 35.9 Å². The molecule has 66 valence electrons. The normalized spacial score (nSPS) is 10.6. The van der Waals surface area contributed by atoms with E-state index in [1.54, 1.807) is 0 Å². The van der Waals surface area contributed by atoms with E-state index in [0.717, 1.165) is 6.16 Å². The molecule has 0 radical (unpaired) electrons. The third kappa shape index (κ3) is 2.90. The van der Waals surface area contributed by atoms with Crippen molar-refractivity contribution in [2.45, 2.75) is 6.16 Å². The highest BCUT2D eigenvalue weighted by Crippen LogP contribution is 2.36. The molecule has 0 saturated heterocycles. The second-order valence-corrected chi connectivity index (χ2v) is 4.82. The van der Waals surface area contributed by atoms with Crippen molar-refractivity contribution in [1.82, 2.24) is 0 Å². The summed E-state index contributed by atoms with van der Waals surface area (Å²) in [6.07, 6.45) is 1.03.